The zero-order chi connectivity index (χ0) is 13.2. The second kappa shape index (κ2) is 5.05. The molecule has 0 spiro atoms. The van der Waals surface area contributed by atoms with Crippen LogP contribution in [0.4, 0.5) is 0 Å². The average Bonchev–Trinajstić information content (AvgIpc) is 2.74. The summed E-state index contributed by atoms with van der Waals surface area (Å²) >= 11 is 0. The molecule has 1 aliphatic rings. The molecule has 1 aliphatic heterocycles. The summed E-state index contributed by atoms with van der Waals surface area (Å²) < 4.78 is 31.2. The fourth-order valence-electron chi connectivity index (χ4n) is 1.69. The molecular weight excluding hydrogens is 258 g/mol. The van der Waals surface area contributed by atoms with Gasteiger partial charge in [0.1, 0.15) is 0 Å². The highest BCUT2D eigenvalue weighted by Crippen LogP contribution is 2.22. The van der Waals surface area contributed by atoms with E-state index in [2.05, 4.69) is 4.72 Å². The van der Waals surface area contributed by atoms with Gasteiger partial charge in [-0.1, -0.05) is 6.07 Å². The van der Waals surface area contributed by atoms with Crippen molar-refractivity contribution in [3.63, 3.8) is 0 Å². The molecule has 0 fully saturated rings. The van der Waals surface area contributed by atoms with E-state index in [0.717, 1.165) is 11.1 Å². The van der Waals surface area contributed by atoms with Crippen molar-refractivity contribution in [3.05, 3.63) is 29.3 Å². The number of rotatable bonds is 5. The van der Waals surface area contributed by atoms with Crippen LogP contribution >= 0.6 is 0 Å². The van der Waals surface area contributed by atoms with Crippen molar-refractivity contribution in [1.29, 1.82) is 0 Å². The van der Waals surface area contributed by atoms with Gasteiger partial charge in [0, 0.05) is 6.54 Å². The van der Waals surface area contributed by atoms with Crippen molar-refractivity contribution >= 4 is 16.0 Å². The highest BCUT2D eigenvalue weighted by atomic mass is 32.2. The molecule has 0 bridgehead atoms. The fraction of sp³-hybridized carbons (Fsp3) is 0.364. The van der Waals surface area contributed by atoms with E-state index in [1.807, 2.05) is 0 Å². The predicted molar refractivity (Wildman–Crippen MR) is 62.4 cm³/mol. The fourth-order valence-corrected chi connectivity index (χ4v) is 2.77. The Balaban J connectivity index is 2.12. The van der Waals surface area contributed by atoms with E-state index in [1.165, 1.54) is 6.07 Å². The SMILES string of the molecule is O=C(O)CCNS(=O)(=O)c1ccc2c(c1)COC2. The number of carboxylic acid groups (broad SMARTS) is 1. The first-order valence-corrected chi connectivity index (χ1v) is 6.88. The first kappa shape index (κ1) is 13.0. The third kappa shape index (κ3) is 2.87. The van der Waals surface area contributed by atoms with Gasteiger partial charge in [-0.25, -0.2) is 13.1 Å². The molecule has 1 heterocycles. The zero-order valence-corrected chi connectivity index (χ0v) is 10.4. The lowest BCUT2D eigenvalue weighted by Gasteiger charge is -2.06. The molecule has 0 aliphatic carbocycles. The molecule has 0 saturated heterocycles. The van der Waals surface area contributed by atoms with Gasteiger partial charge >= 0.3 is 5.97 Å². The van der Waals surface area contributed by atoms with Crippen molar-refractivity contribution in [2.45, 2.75) is 24.5 Å². The molecule has 6 nitrogen and oxygen atoms in total. The van der Waals surface area contributed by atoms with Gasteiger partial charge in [-0.15, -0.1) is 0 Å². The monoisotopic (exact) mass is 271 g/mol. The summed E-state index contributed by atoms with van der Waals surface area (Å²) in [6, 6.07) is 4.77. The van der Waals surface area contributed by atoms with Crippen LogP contribution in [0.15, 0.2) is 23.1 Å². The summed E-state index contributed by atoms with van der Waals surface area (Å²) in [7, 11) is -3.65. The van der Waals surface area contributed by atoms with Crippen LogP contribution in [-0.2, 0) is 32.8 Å². The van der Waals surface area contributed by atoms with E-state index >= 15 is 0 Å². The third-order valence-corrected chi connectivity index (χ3v) is 4.09. The predicted octanol–water partition coefficient (Wildman–Crippen LogP) is 0.470. The van der Waals surface area contributed by atoms with Crippen LogP contribution in [0.2, 0.25) is 0 Å². The Morgan fingerprint density at radius 3 is 2.78 bits per heavy atom. The van der Waals surface area contributed by atoms with Crippen LogP contribution in [0.3, 0.4) is 0 Å². The van der Waals surface area contributed by atoms with Crippen molar-refractivity contribution in [2.75, 3.05) is 6.54 Å². The molecule has 0 amide bonds. The van der Waals surface area contributed by atoms with Crippen LogP contribution in [0, 0.1) is 0 Å². The maximum Gasteiger partial charge on any atom is 0.304 e. The number of aliphatic carboxylic acids is 1. The van der Waals surface area contributed by atoms with E-state index in [0.29, 0.717) is 13.2 Å². The number of hydrogen-bond acceptors (Lipinski definition) is 4. The molecule has 2 N–H and O–H groups in total. The van der Waals surface area contributed by atoms with E-state index in [-0.39, 0.29) is 17.9 Å². The molecule has 18 heavy (non-hydrogen) atoms. The van der Waals surface area contributed by atoms with Crippen LogP contribution in [0.1, 0.15) is 17.5 Å². The molecular formula is C11H13NO5S. The lowest BCUT2D eigenvalue weighted by atomic mass is 10.1. The standard InChI is InChI=1S/C11H13NO5S/c13-11(14)3-4-12-18(15,16)10-2-1-8-6-17-7-9(8)5-10/h1-2,5,12H,3-4,6-7H2,(H,13,14). The summed E-state index contributed by atoms with van der Waals surface area (Å²) in [6.07, 6.45) is -0.243. The molecule has 0 atom stereocenters. The quantitative estimate of drug-likeness (QED) is 0.812. The first-order chi connectivity index (χ1) is 8.49. The number of hydrogen-bond donors (Lipinski definition) is 2. The van der Waals surface area contributed by atoms with Crippen LogP contribution in [0.25, 0.3) is 0 Å². The van der Waals surface area contributed by atoms with Gasteiger partial charge in [0.2, 0.25) is 10.0 Å². The lowest BCUT2D eigenvalue weighted by molar-refractivity contribution is -0.136. The molecule has 1 aromatic rings. The molecule has 0 radical (unpaired) electrons. The van der Waals surface area contributed by atoms with Crippen molar-refractivity contribution < 1.29 is 23.1 Å². The van der Waals surface area contributed by atoms with Crippen molar-refractivity contribution in [2.24, 2.45) is 0 Å². The molecule has 0 saturated carbocycles. The minimum Gasteiger partial charge on any atom is -0.481 e. The Morgan fingerprint density at radius 1 is 1.33 bits per heavy atom. The van der Waals surface area contributed by atoms with Gasteiger partial charge in [0.15, 0.2) is 0 Å². The lowest BCUT2D eigenvalue weighted by Crippen LogP contribution is -2.26. The topological polar surface area (TPSA) is 92.7 Å². The van der Waals surface area contributed by atoms with E-state index in [1.54, 1.807) is 12.1 Å². The minimum absolute atomic E-state index is 0.120. The van der Waals surface area contributed by atoms with E-state index in [4.69, 9.17) is 9.84 Å². The van der Waals surface area contributed by atoms with Gasteiger partial charge in [-0.05, 0) is 23.3 Å². The summed E-state index contributed by atoms with van der Waals surface area (Å²) in [6.45, 7) is 0.793. The van der Waals surface area contributed by atoms with E-state index in [9.17, 15) is 13.2 Å². The van der Waals surface area contributed by atoms with Crippen LogP contribution in [-0.4, -0.2) is 26.0 Å². The Labute approximate surface area is 105 Å². The smallest absolute Gasteiger partial charge is 0.304 e. The number of sulfonamides is 1. The zero-order valence-electron chi connectivity index (χ0n) is 9.55. The number of carbonyl (C=O) groups is 1. The summed E-state index contributed by atoms with van der Waals surface area (Å²) in [5.41, 5.74) is 1.84. The second-order valence-electron chi connectivity index (χ2n) is 3.96. The van der Waals surface area contributed by atoms with Crippen LogP contribution < -0.4 is 4.72 Å². The van der Waals surface area contributed by atoms with Crippen molar-refractivity contribution in [3.8, 4) is 0 Å². The Hall–Kier alpha value is -1.44. The summed E-state index contributed by atoms with van der Waals surface area (Å²) in [5, 5.41) is 8.46. The molecule has 2 rings (SSSR count). The van der Waals surface area contributed by atoms with Gasteiger partial charge in [0.25, 0.3) is 0 Å². The van der Waals surface area contributed by atoms with Gasteiger partial charge in [-0.3, -0.25) is 4.79 Å². The van der Waals surface area contributed by atoms with Gasteiger partial charge < -0.3 is 9.84 Å². The number of benzene rings is 1. The average molecular weight is 271 g/mol. The molecule has 1 aromatic carbocycles. The molecule has 98 valence electrons. The maximum atomic E-state index is 11.9. The summed E-state index contributed by atoms with van der Waals surface area (Å²) in [4.78, 5) is 10.5. The Morgan fingerprint density at radius 2 is 2.06 bits per heavy atom. The summed E-state index contributed by atoms with van der Waals surface area (Å²) in [5.74, 6) is -1.04. The number of ether oxygens (including phenoxy) is 1. The van der Waals surface area contributed by atoms with Crippen molar-refractivity contribution in [1.82, 2.24) is 4.72 Å². The molecule has 0 aromatic heterocycles. The van der Waals surface area contributed by atoms with Gasteiger partial charge in [-0.2, -0.15) is 0 Å². The highest BCUT2D eigenvalue weighted by Gasteiger charge is 2.18. The molecule has 0 unspecified atom stereocenters. The number of fused-ring (bicyclic) bond motifs is 1. The number of carboxylic acids is 1. The van der Waals surface area contributed by atoms with Crippen LogP contribution in [0.5, 0.6) is 0 Å². The highest BCUT2D eigenvalue weighted by molar-refractivity contribution is 7.89. The second-order valence-corrected chi connectivity index (χ2v) is 5.73. The Kier molecular flexibility index (Phi) is 3.65. The Bertz CT molecular complexity index is 567. The number of nitrogens with one attached hydrogen (secondary N) is 1. The van der Waals surface area contributed by atoms with E-state index < -0.39 is 16.0 Å². The maximum absolute atomic E-state index is 11.9. The third-order valence-electron chi connectivity index (χ3n) is 2.63. The normalized spacial score (nSPS) is 14.4. The first-order valence-electron chi connectivity index (χ1n) is 5.40. The van der Waals surface area contributed by atoms with Gasteiger partial charge in [0.05, 0.1) is 24.5 Å². The minimum atomic E-state index is -3.65. The molecule has 7 heteroatoms. The largest absolute Gasteiger partial charge is 0.481 e.